The number of rotatable bonds is 5. The van der Waals surface area contributed by atoms with Crippen molar-refractivity contribution in [1.29, 1.82) is 0 Å². The number of hydrogen-bond donors (Lipinski definition) is 1. The Labute approximate surface area is 122 Å². The summed E-state index contributed by atoms with van der Waals surface area (Å²) in [7, 11) is -3.25. The molecule has 0 aliphatic carbocycles. The lowest BCUT2D eigenvalue weighted by molar-refractivity contribution is 0.246. The molecule has 5 heteroatoms. The van der Waals surface area contributed by atoms with E-state index in [1.54, 1.807) is 4.31 Å². The third-order valence-corrected chi connectivity index (χ3v) is 5.95. The van der Waals surface area contributed by atoms with Crippen LogP contribution in [0.3, 0.4) is 0 Å². The van der Waals surface area contributed by atoms with E-state index >= 15 is 0 Å². The van der Waals surface area contributed by atoms with Crippen LogP contribution in [0, 0.1) is 0 Å². The summed E-state index contributed by atoms with van der Waals surface area (Å²) in [5.74, 6) is 0.0663. The lowest BCUT2D eigenvalue weighted by Gasteiger charge is -2.34. The fourth-order valence-corrected chi connectivity index (χ4v) is 4.88. The van der Waals surface area contributed by atoms with E-state index in [1.165, 1.54) is 0 Å². The first-order chi connectivity index (χ1) is 9.58. The zero-order valence-electron chi connectivity index (χ0n) is 12.1. The highest BCUT2D eigenvalue weighted by atomic mass is 32.2. The fourth-order valence-electron chi connectivity index (χ4n) is 2.93. The first kappa shape index (κ1) is 15.5. The average molecular weight is 296 g/mol. The van der Waals surface area contributed by atoms with Gasteiger partial charge >= 0.3 is 0 Å². The fraction of sp³-hybridized carbons (Fsp3) is 0.600. The monoisotopic (exact) mass is 296 g/mol. The molecule has 0 saturated carbocycles. The van der Waals surface area contributed by atoms with Gasteiger partial charge in [-0.2, -0.15) is 4.31 Å². The van der Waals surface area contributed by atoms with Crippen LogP contribution in [0.25, 0.3) is 0 Å². The van der Waals surface area contributed by atoms with Crippen molar-refractivity contribution < 1.29 is 8.42 Å². The molecular formula is C15H24N2O2S. The van der Waals surface area contributed by atoms with Gasteiger partial charge in [0.2, 0.25) is 10.0 Å². The molecule has 2 rings (SSSR count). The zero-order valence-corrected chi connectivity index (χ0v) is 12.9. The van der Waals surface area contributed by atoms with E-state index in [0.29, 0.717) is 13.1 Å². The molecule has 1 atom stereocenters. The van der Waals surface area contributed by atoms with E-state index in [4.69, 9.17) is 5.73 Å². The summed E-state index contributed by atoms with van der Waals surface area (Å²) in [6.07, 6.45) is 3.96. The average Bonchev–Trinajstić information content (AvgIpc) is 2.47. The molecule has 1 aliphatic rings. The molecule has 4 nitrogen and oxygen atoms in total. The number of sulfonamides is 1. The molecule has 1 saturated heterocycles. The number of nitrogens with two attached hydrogens (primary N) is 1. The molecule has 1 aromatic rings. The molecule has 20 heavy (non-hydrogen) atoms. The maximum atomic E-state index is 12.7. The number of hydrogen-bond acceptors (Lipinski definition) is 3. The van der Waals surface area contributed by atoms with Crippen LogP contribution in [0.15, 0.2) is 24.3 Å². The van der Waals surface area contributed by atoms with Gasteiger partial charge in [0.1, 0.15) is 0 Å². The Kier molecular flexibility index (Phi) is 5.18. The first-order valence-electron chi connectivity index (χ1n) is 7.35. The predicted octanol–water partition coefficient (Wildman–Crippen LogP) is 2.24. The third kappa shape index (κ3) is 3.40. The molecule has 1 unspecified atom stereocenters. The van der Waals surface area contributed by atoms with Crippen molar-refractivity contribution in [2.24, 2.45) is 5.73 Å². The van der Waals surface area contributed by atoms with Gasteiger partial charge in [0.15, 0.2) is 0 Å². The molecule has 1 fully saturated rings. The maximum Gasteiger partial charge on any atom is 0.218 e. The van der Waals surface area contributed by atoms with Gasteiger partial charge in [-0.3, -0.25) is 0 Å². The topological polar surface area (TPSA) is 63.4 Å². The molecular weight excluding hydrogens is 272 g/mol. The van der Waals surface area contributed by atoms with Gasteiger partial charge in [0.25, 0.3) is 0 Å². The van der Waals surface area contributed by atoms with Crippen molar-refractivity contribution >= 4 is 10.0 Å². The Balaban J connectivity index is 2.22. The third-order valence-electron chi connectivity index (χ3n) is 4.08. The van der Waals surface area contributed by atoms with Crippen LogP contribution >= 0.6 is 0 Å². The second kappa shape index (κ2) is 6.70. The van der Waals surface area contributed by atoms with Crippen LogP contribution < -0.4 is 5.73 Å². The number of benzene rings is 1. The summed E-state index contributed by atoms with van der Waals surface area (Å²) >= 11 is 0. The standard InChI is InChI=1S/C15H24N2O2S/c1-2-15-9-5-6-10-17(15)20(18,19)12-14-8-4-3-7-13(14)11-16/h3-4,7-8,15H,2,5-6,9-12,16H2,1H3. The molecule has 2 N–H and O–H groups in total. The van der Waals surface area contributed by atoms with Crippen molar-refractivity contribution in [3.63, 3.8) is 0 Å². The largest absolute Gasteiger partial charge is 0.326 e. The van der Waals surface area contributed by atoms with Gasteiger partial charge in [-0.15, -0.1) is 0 Å². The summed E-state index contributed by atoms with van der Waals surface area (Å²) in [6.45, 7) is 3.10. The summed E-state index contributed by atoms with van der Waals surface area (Å²) in [5.41, 5.74) is 7.44. The van der Waals surface area contributed by atoms with E-state index < -0.39 is 10.0 Å². The summed E-state index contributed by atoms with van der Waals surface area (Å²) in [5, 5.41) is 0. The highest BCUT2D eigenvalue weighted by Crippen LogP contribution is 2.25. The quantitative estimate of drug-likeness (QED) is 0.906. The van der Waals surface area contributed by atoms with Crippen LogP contribution in [-0.4, -0.2) is 25.3 Å². The normalized spacial score (nSPS) is 21.0. The van der Waals surface area contributed by atoms with Gasteiger partial charge in [-0.05, 0) is 30.4 Å². The molecule has 0 spiro atoms. The van der Waals surface area contributed by atoms with Crippen molar-refractivity contribution in [3.05, 3.63) is 35.4 Å². The van der Waals surface area contributed by atoms with E-state index in [9.17, 15) is 8.42 Å². The minimum Gasteiger partial charge on any atom is -0.326 e. The summed E-state index contributed by atoms with van der Waals surface area (Å²) < 4.78 is 27.1. The molecule has 1 heterocycles. The molecule has 0 radical (unpaired) electrons. The van der Waals surface area contributed by atoms with Gasteiger partial charge in [-0.25, -0.2) is 8.42 Å². The molecule has 1 aliphatic heterocycles. The van der Waals surface area contributed by atoms with Crippen LogP contribution in [0.2, 0.25) is 0 Å². The van der Waals surface area contributed by atoms with Gasteiger partial charge in [-0.1, -0.05) is 37.6 Å². The lowest BCUT2D eigenvalue weighted by atomic mass is 10.0. The van der Waals surface area contributed by atoms with Crippen LogP contribution in [0.5, 0.6) is 0 Å². The maximum absolute atomic E-state index is 12.7. The summed E-state index contributed by atoms with van der Waals surface area (Å²) in [6, 6.07) is 7.70. The van der Waals surface area contributed by atoms with E-state index in [1.807, 2.05) is 24.3 Å². The Hall–Kier alpha value is -0.910. The minimum atomic E-state index is -3.25. The number of piperidine rings is 1. The Morgan fingerprint density at radius 3 is 2.60 bits per heavy atom. The Morgan fingerprint density at radius 1 is 1.25 bits per heavy atom. The van der Waals surface area contributed by atoms with Gasteiger partial charge in [0, 0.05) is 19.1 Å². The van der Waals surface area contributed by atoms with Crippen LogP contribution in [-0.2, 0) is 22.3 Å². The smallest absolute Gasteiger partial charge is 0.218 e. The highest BCUT2D eigenvalue weighted by molar-refractivity contribution is 7.88. The second-order valence-corrected chi connectivity index (χ2v) is 7.32. The first-order valence-corrected chi connectivity index (χ1v) is 8.95. The van der Waals surface area contributed by atoms with Gasteiger partial charge < -0.3 is 5.73 Å². The molecule has 0 amide bonds. The summed E-state index contributed by atoms with van der Waals surface area (Å²) in [4.78, 5) is 0. The van der Waals surface area contributed by atoms with E-state index in [2.05, 4.69) is 6.92 Å². The molecule has 0 aromatic heterocycles. The van der Waals surface area contributed by atoms with Crippen LogP contribution in [0.1, 0.15) is 43.7 Å². The van der Waals surface area contributed by atoms with E-state index in [0.717, 1.165) is 36.8 Å². The van der Waals surface area contributed by atoms with Crippen molar-refractivity contribution in [1.82, 2.24) is 4.31 Å². The number of nitrogens with zero attached hydrogens (tertiary/aromatic N) is 1. The van der Waals surface area contributed by atoms with E-state index in [-0.39, 0.29) is 11.8 Å². The molecule has 112 valence electrons. The highest BCUT2D eigenvalue weighted by Gasteiger charge is 2.31. The zero-order chi connectivity index (χ0) is 14.6. The predicted molar refractivity (Wildman–Crippen MR) is 81.6 cm³/mol. The molecule has 0 bridgehead atoms. The van der Waals surface area contributed by atoms with Gasteiger partial charge in [0.05, 0.1) is 5.75 Å². The molecule has 1 aromatic carbocycles. The minimum absolute atomic E-state index is 0.0663. The van der Waals surface area contributed by atoms with Crippen molar-refractivity contribution in [3.8, 4) is 0 Å². The van der Waals surface area contributed by atoms with Crippen LogP contribution in [0.4, 0.5) is 0 Å². The SMILES string of the molecule is CCC1CCCCN1S(=O)(=O)Cc1ccccc1CN. The Bertz CT molecular complexity index is 543. The second-order valence-electron chi connectivity index (χ2n) is 5.40. The van der Waals surface area contributed by atoms with Crippen molar-refractivity contribution in [2.45, 2.75) is 50.9 Å². The lowest BCUT2D eigenvalue weighted by Crippen LogP contribution is -2.43. The van der Waals surface area contributed by atoms with Crippen molar-refractivity contribution in [2.75, 3.05) is 6.54 Å². The Morgan fingerprint density at radius 2 is 1.95 bits per heavy atom.